The van der Waals surface area contributed by atoms with Gasteiger partial charge in [-0.25, -0.2) is 0 Å². The maximum Gasteiger partial charge on any atom is 0.231 e. The molecule has 7 heteroatoms. The summed E-state index contributed by atoms with van der Waals surface area (Å²) in [5.41, 5.74) is 0.687. The summed E-state index contributed by atoms with van der Waals surface area (Å²) in [5.74, 6) is 2.35. The SMILES string of the molecule is CC(=O)Nc1ccc(OC[C@@H](O)COc2ccc3c(c2)OCO3)cc1. The second kappa shape index (κ2) is 7.76. The highest BCUT2D eigenvalue weighted by Gasteiger charge is 2.14. The molecule has 0 saturated heterocycles. The molecule has 3 rings (SSSR count). The highest BCUT2D eigenvalue weighted by molar-refractivity contribution is 5.88. The topological polar surface area (TPSA) is 86.3 Å². The molecule has 2 aromatic rings. The van der Waals surface area contributed by atoms with Crippen molar-refractivity contribution in [3.63, 3.8) is 0 Å². The van der Waals surface area contributed by atoms with E-state index in [9.17, 15) is 9.90 Å². The molecule has 0 spiro atoms. The molecule has 1 amide bonds. The summed E-state index contributed by atoms with van der Waals surface area (Å²) < 4.78 is 21.5. The van der Waals surface area contributed by atoms with Crippen LogP contribution in [0.5, 0.6) is 23.0 Å². The quantitative estimate of drug-likeness (QED) is 0.800. The summed E-state index contributed by atoms with van der Waals surface area (Å²) in [5, 5.41) is 12.6. The number of carbonyl (C=O) groups excluding carboxylic acids is 1. The number of ether oxygens (including phenoxy) is 4. The van der Waals surface area contributed by atoms with Gasteiger partial charge in [-0.05, 0) is 36.4 Å². The molecule has 2 N–H and O–H groups in total. The number of amides is 1. The molecule has 2 aromatic carbocycles. The zero-order valence-corrected chi connectivity index (χ0v) is 13.7. The molecule has 25 heavy (non-hydrogen) atoms. The van der Waals surface area contributed by atoms with E-state index in [4.69, 9.17) is 18.9 Å². The van der Waals surface area contributed by atoms with E-state index in [0.717, 1.165) is 0 Å². The van der Waals surface area contributed by atoms with Crippen molar-refractivity contribution in [1.29, 1.82) is 0 Å². The molecule has 0 aliphatic carbocycles. The van der Waals surface area contributed by atoms with E-state index in [1.807, 2.05) is 0 Å². The van der Waals surface area contributed by atoms with Crippen LogP contribution in [-0.4, -0.2) is 37.1 Å². The third kappa shape index (κ3) is 4.77. The van der Waals surface area contributed by atoms with E-state index in [-0.39, 0.29) is 25.9 Å². The van der Waals surface area contributed by atoms with Gasteiger partial charge < -0.3 is 29.4 Å². The zero-order valence-electron chi connectivity index (χ0n) is 13.7. The van der Waals surface area contributed by atoms with E-state index < -0.39 is 6.10 Å². The van der Waals surface area contributed by atoms with Gasteiger partial charge in [0, 0.05) is 18.7 Å². The van der Waals surface area contributed by atoms with Gasteiger partial charge in [0.05, 0.1) is 0 Å². The second-order valence-electron chi connectivity index (χ2n) is 5.50. The van der Waals surface area contributed by atoms with Crippen molar-refractivity contribution in [1.82, 2.24) is 0 Å². The standard InChI is InChI=1S/C18H19NO6/c1-12(20)19-13-2-4-15(5-3-13)22-9-14(21)10-23-16-6-7-17-18(8-16)25-11-24-17/h2-8,14,21H,9-11H2,1H3,(H,19,20)/t14-/m1/s1. The molecule has 1 atom stereocenters. The summed E-state index contributed by atoms with van der Waals surface area (Å²) in [7, 11) is 0. The van der Waals surface area contributed by atoms with Gasteiger partial charge in [0.15, 0.2) is 11.5 Å². The maximum atomic E-state index is 11.0. The van der Waals surface area contributed by atoms with Gasteiger partial charge in [-0.2, -0.15) is 0 Å². The predicted octanol–water partition coefficient (Wildman–Crippen LogP) is 2.19. The van der Waals surface area contributed by atoms with Crippen LogP contribution in [0.15, 0.2) is 42.5 Å². The lowest BCUT2D eigenvalue weighted by molar-refractivity contribution is -0.114. The lowest BCUT2D eigenvalue weighted by Gasteiger charge is -2.14. The van der Waals surface area contributed by atoms with Crippen LogP contribution in [0.3, 0.4) is 0 Å². The number of carbonyl (C=O) groups is 1. The van der Waals surface area contributed by atoms with E-state index >= 15 is 0 Å². The van der Waals surface area contributed by atoms with Gasteiger partial charge in [-0.1, -0.05) is 0 Å². The Balaban J connectivity index is 1.43. The molecule has 1 aliphatic heterocycles. The Hall–Kier alpha value is -2.93. The Labute approximate surface area is 145 Å². The van der Waals surface area contributed by atoms with Crippen LogP contribution in [-0.2, 0) is 4.79 Å². The Morgan fingerprint density at radius 1 is 1.08 bits per heavy atom. The van der Waals surface area contributed by atoms with Crippen LogP contribution >= 0.6 is 0 Å². The Morgan fingerprint density at radius 3 is 2.44 bits per heavy atom. The zero-order chi connectivity index (χ0) is 17.6. The van der Waals surface area contributed by atoms with E-state index in [2.05, 4.69) is 5.32 Å². The molecular weight excluding hydrogens is 326 g/mol. The first kappa shape index (κ1) is 16.9. The van der Waals surface area contributed by atoms with Crippen LogP contribution in [0.4, 0.5) is 5.69 Å². The monoisotopic (exact) mass is 345 g/mol. The molecule has 0 radical (unpaired) electrons. The summed E-state index contributed by atoms with van der Waals surface area (Å²) >= 11 is 0. The summed E-state index contributed by atoms with van der Waals surface area (Å²) in [4.78, 5) is 11.0. The van der Waals surface area contributed by atoms with Crippen molar-refractivity contribution in [3.05, 3.63) is 42.5 Å². The summed E-state index contributed by atoms with van der Waals surface area (Å²) in [6, 6.07) is 12.1. The van der Waals surface area contributed by atoms with Crippen molar-refractivity contribution in [2.75, 3.05) is 25.3 Å². The largest absolute Gasteiger partial charge is 0.491 e. The summed E-state index contributed by atoms with van der Waals surface area (Å²) in [6.07, 6.45) is -0.791. The molecule has 0 aromatic heterocycles. The Kier molecular flexibility index (Phi) is 5.25. The van der Waals surface area contributed by atoms with Gasteiger partial charge in [0.25, 0.3) is 0 Å². The van der Waals surface area contributed by atoms with Crippen molar-refractivity contribution in [2.45, 2.75) is 13.0 Å². The van der Waals surface area contributed by atoms with Crippen LogP contribution < -0.4 is 24.3 Å². The molecule has 132 valence electrons. The number of aliphatic hydroxyl groups excluding tert-OH is 1. The number of aliphatic hydroxyl groups is 1. The number of benzene rings is 2. The first-order valence-corrected chi connectivity index (χ1v) is 7.81. The summed E-state index contributed by atoms with van der Waals surface area (Å²) in [6.45, 7) is 1.82. The normalized spacial score (nSPS) is 13.2. The number of rotatable bonds is 7. The number of nitrogens with one attached hydrogen (secondary N) is 1. The number of anilines is 1. The van der Waals surface area contributed by atoms with Crippen LogP contribution in [0.1, 0.15) is 6.92 Å². The third-order valence-electron chi connectivity index (χ3n) is 3.40. The maximum absolute atomic E-state index is 11.0. The van der Waals surface area contributed by atoms with Gasteiger partial charge in [-0.3, -0.25) is 4.79 Å². The smallest absolute Gasteiger partial charge is 0.231 e. The van der Waals surface area contributed by atoms with Crippen LogP contribution in [0, 0.1) is 0 Å². The first-order valence-electron chi connectivity index (χ1n) is 7.81. The van der Waals surface area contributed by atoms with E-state index in [1.165, 1.54) is 6.92 Å². The molecule has 0 fully saturated rings. The van der Waals surface area contributed by atoms with Gasteiger partial charge >= 0.3 is 0 Å². The minimum Gasteiger partial charge on any atom is -0.491 e. The van der Waals surface area contributed by atoms with Crippen molar-refractivity contribution < 1.29 is 28.8 Å². The van der Waals surface area contributed by atoms with Crippen molar-refractivity contribution >= 4 is 11.6 Å². The van der Waals surface area contributed by atoms with E-state index in [0.29, 0.717) is 28.7 Å². The second-order valence-corrected chi connectivity index (χ2v) is 5.50. The molecule has 0 saturated carbocycles. The minimum atomic E-state index is -0.791. The lowest BCUT2D eigenvalue weighted by atomic mass is 10.3. The van der Waals surface area contributed by atoms with Crippen LogP contribution in [0.2, 0.25) is 0 Å². The van der Waals surface area contributed by atoms with Crippen molar-refractivity contribution in [3.8, 4) is 23.0 Å². The Morgan fingerprint density at radius 2 is 1.72 bits per heavy atom. The highest BCUT2D eigenvalue weighted by Crippen LogP contribution is 2.35. The first-order chi connectivity index (χ1) is 12.1. The number of hydrogen-bond donors (Lipinski definition) is 2. The fraction of sp³-hybridized carbons (Fsp3) is 0.278. The van der Waals surface area contributed by atoms with Crippen LogP contribution in [0.25, 0.3) is 0 Å². The number of fused-ring (bicyclic) bond motifs is 1. The number of hydrogen-bond acceptors (Lipinski definition) is 6. The Bertz CT molecular complexity index is 731. The highest BCUT2D eigenvalue weighted by atomic mass is 16.7. The van der Waals surface area contributed by atoms with Gasteiger partial charge in [-0.15, -0.1) is 0 Å². The molecule has 1 heterocycles. The molecular formula is C18H19NO6. The van der Waals surface area contributed by atoms with Gasteiger partial charge in [0.2, 0.25) is 12.7 Å². The fourth-order valence-corrected chi connectivity index (χ4v) is 2.24. The lowest BCUT2D eigenvalue weighted by Crippen LogP contribution is -2.25. The molecule has 7 nitrogen and oxygen atoms in total. The third-order valence-corrected chi connectivity index (χ3v) is 3.40. The van der Waals surface area contributed by atoms with Crippen molar-refractivity contribution in [2.24, 2.45) is 0 Å². The molecule has 0 unspecified atom stereocenters. The van der Waals surface area contributed by atoms with E-state index in [1.54, 1.807) is 42.5 Å². The average molecular weight is 345 g/mol. The van der Waals surface area contributed by atoms with Gasteiger partial charge in [0.1, 0.15) is 30.8 Å². The molecule has 1 aliphatic rings. The average Bonchev–Trinajstić information content (AvgIpc) is 3.06. The minimum absolute atomic E-state index is 0.0869. The fourth-order valence-electron chi connectivity index (χ4n) is 2.24. The predicted molar refractivity (Wildman–Crippen MR) is 90.3 cm³/mol. The molecule has 0 bridgehead atoms.